The van der Waals surface area contributed by atoms with Crippen LogP contribution in [0.1, 0.15) is 26.8 Å². The lowest BCUT2D eigenvalue weighted by Crippen LogP contribution is -2.45. The van der Waals surface area contributed by atoms with E-state index in [-0.39, 0.29) is 11.5 Å². The van der Waals surface area contributed by atoms with Gasteiger partial charge >= 0.3 is 0 Å². The second-order valence-corrected chi connectivity index (χ2v) is 9.02. The Morgan fingerprint density at radius 1 is 1.21 bits per heavy atom. The average Bonchev–Trinajstić information content (AvgIpc) is 3.46. The van der Waals surface area contributed by atoms with E-state index in [0.29, 0.717) is 19.7 Å². The summed E-state index contributed by atoms with van der Waals surface area (Å²) in [6, 6.07) is 11.9. The standard InChI is InChI=1S/C22H23N3O3S/c1-15-3-8-19(29-15)21(26)24-10-9-22(13-24)14-25-18(11-23-20(25)12-28-22)16-4-6-17(27-2)7-5-16/h3-8,11H,9-10,12-14H2,1-2H3/t22-/m1/s1. The van der Waals surface area contributed by atoms with Gasteiger partial charge in [0.25, 0.3) is 5.91 Å². The monoisotopic (exact) mass is 409 g/mol. The summed E-state index contributed by atoms with van der Waals surface area (Å²) >= 11 is 1.55. The minimum absolute atomic E-state index is 0.107. The first-order valence-electron chi connectivity index (χ1n) is 9.75. The van der Waals surface area contributed by atoms with Gasteiger partial charge in [-0.2, -0.15) is 0 Å². The summed E-state index contributed by atoms with van der Waals surface area (Å²) < 4.78 is 13.8. The third-order valence-corrected chi connectivity index (χ3v) is 6.82. The predicted molar refractivity (Wildman–Crippen MR) is 111 cm³/mol. The van der Waals surface area contributed by atoms with Gasteiger partial charge in [0.2, 0.25) is 0 Å². The third-order valence-electron chi connectivity index (χ3n) is 5.83. The van der Waals surface area contributed by atoms with Gasteiger partial charge in [-0.05, 0) is 49.7 Å². The number of likely N-dealkylation sites (tertiary alicyclic amines) is 1. The fourth-order valence-corrected chi connectivity index (χ4v) is 5.05. The molecule has 1 aromatic carbocycles. The number of carbonyl (C=O) groups is 1. The van der Waals surface area contributed by atoms with E-state index in [2.05, 4.69) is 21.7 Å². The van der Waals surface area contributed by atoms with Crippen LogP contribution in [0.3, 0.4) is 0 Å². The summed E-state index contributed by atoms with van der Waals surface area (Å²) in [5.74, 6) is 1.87. The van der Waals surface area contributed by atoms with Crippen molar-refractivity contribution in [1.29, 1.82) is 0 Å². The Kier molecular flexibility index (Phi) is 4.44. The van der Waals surface area contributed by atoms with E-state index in [1.807, 2.05) is 42.3 Å². The maximum Gasteiger partial charge on any atom is 0.264 e. The van der Waals surface area contributed by atoms with E-state index in [0.717, 1.165) is 45.6 Å². The maximum absolute atomic E-state index is 12.9. The van der Waals surface area contributed by atoms with Crippen LogP contribution in [-0.2, 0) is 17.9 Å². The van der Waals surface area contributed by atoms with Crippen LogP contribution in [0, 0.1) is 6.92 Å². The second-order valence-electron chi connectivity index (χ2n) is 7.73. The van der Waals surface area contributed by atoms with E-state index >= 15 is 0 Å². The quantitative estimate of drug-likeness (QED) is 0.661. The molecular formula is C22H23N3O3S. The molecule has 1 saturated heterocycles. The number of amides is 1. The minimum Gasteiger partial charge on any atom is -0.497 e. The molecule has 1 spiro atoms. The molecule has 0 unspecified atom stereocenters. The number of imidazole rings is 1. The molecule has 1 atom stereocenters. The van der Waals surface area contributed by atoms with Crippen LogP contribution in [0.2, 0.25) is 0 Å². The second kappa shape index (κ2) is 7.00. The highest BCUT2D eigenvalue weighted by Crippen LogP contribution is 2.36. The molecule has 6 nitrogen and oxygen atoms in total. The highest BCUT2D eigenvalue weighted by molar-refractivity contribution is 7.13. The smallest absolute Gasteiger partial charge is 0.264 e. The number of hydrogen-bond donors (Lipinski definition) is 0. The van der Waals surface area contributed by atoms with Gasteiger partial charge in [0.15, 0.2) is 0 Å². The summed E-state index contributed by atoms with van der Waals surface area (Å²) in [5.41, 5.74) is 1.82. The highest BCUT2D eigenvalue weighted by Gasteiger charge is 2.44. The molecule has 3 aromatic rings. The zero-order valence-corrected chi connectivity index (χ0v) is 17.4. The molecule has 2 aliphatic heterocycles. The molecule has 2 aliphatic rings. The zero-order valence-electron chi connectivity index (χ0n) is 16.6. The Morgan fingerprint density at radius 3 is 2.76 bits per heavy atom. The average molecular weight is 410 g/mol. The van der Waals surface area contributed by atoms with Crippen molar-refractivity contribution in [3.63, 3.8) is 0 Å². The molecule has 0 aliphatic carbocycles. The molecule has 4 heterocycles. The maximum atomic E-state index is 12.9. The van der Waals surface area contributed by atoms with Gasteiger partial charge in [0.05, 0.1) is 37.0 Å². The number of rotatable bonds is 3. The van der Waals surface area contributed by atoms with Crippen molar-refractivity contribution in [3.05, 3.63) is 58.2 Å². The molecule has 0 radical (unpaired) electrons. The van der Waals surface area contributed by atoms with Gasteiger partial charge in [-0.3, -0.25) is 4.79 Å². The van der Waals surface area contributed by atoms with Crippen LogP contribution < -0.4 is 4.74 Å². The van der Waals surface area contributed by atoms with Crippen LogP contribution in [0.4, 0.5) is 0 Å². The topological polar surface area (TPSA) is 56.6 Å². The first kappa shape index (κ1) is 18.4. The highest BCUT2D eigenvalue weighted by atomic mass is 32.1. The minimum atomic E-state index is -0.350. The fourth-order valence-electron chi connectivity index (χ4n) is 4.22. The Bertz CT molecular complexity index is 1060. The molecule has 0 bridgehead atoms. The van der Waals surface area contributed by atoms with Crippen molar-refractivity contribution in [2.75, 3.05) is 20.2 Å². The number of aromatic nitrogens is 2. The van der Waals surface area contributed by atoms with Crippen LogP contribution in [0.25, 0.3) is 11.3 Å². The summed E-state index contributed by atoms with van der Waals surface area (Å²) in [6.07, 6.45) is 2.74. The SMILES string of the molecule is COc1ccc(-c2cnc3n2C[C@]2(CCN(C(=O)c4ccc(C)s4)C2)OC3)cc1. The van der Waals surface area contributed by atoms with Gasteiger partial charge in [0.1, 0.15) is 23.8 Å². The van der Waals surface area contributed by atoms with Crippen LogP contribution in [0.15, 0.2) is 42.6 Å². The number of nitrogens with zero attached hydrogens (tertiary/aromatic N) is 3. The van der Waals surface area contributed by atoms with Gasteiger partial charge in [-0.15, -0.1) is 11.3 Å². The van der Waals surface area contributed by atoms with Crippen molar-refractivity contribution in [3.8, 4) is 17.0 Å². The molecule has 0 saturated carbocycles. The van der Waals surface area contributed by atoms with Gasteiger partial charge < -0.3 is 18.9 Å². The van der Waals surface area contributed by atoms with Crippen LogP contribution in [-0.4, -0.2) is 46.2 Å². The summed E-state index contributed by atoms with van der Waals surface area (Å²) in [4.78, 5) is 21.3. The normalized spacial score (nSPS) is 20.8. The van der Waals surface area contributed by atoms with Gasteiger partial charge in [-0.25, -0.2) is 4.98 Å². The summed E-state index contributed by atoms with van der Waals surface area (Å²) in [7, 11) is 1.67. The Hall–Kier alpha value is -2.64. The Balaban J connectivity index is 1.38. The molecule has 1 amide bonds. The number of methoxy groups -OCH3 is 1. The van der Waals surface area contributed by atoms with Crippen molar-refractivity contribution >= 4 is 17.2 Å². The summed E-state index contributed by atoms with van der Waals surface area (Å²) in [5, 5.41) is 0. The number of fused-ring (bicyclic) bond motifs is 1. The van der Waals surface area contributed by atoms with Gasteiger partial charge in [-0.1, -0.05) is 0 Å². The van der Waals surface area contributed by atoms with E-state index in [4.69, 9.17) is 9.47 Å². The lowest BCUT2D eigenvalue weighted by Gasteiger charge is -2.35. The lowest BCUT2D eigenvalue weighted by atomic mass is 10.0. The lowest BCUT2D eigenvalue weighted by molar-refractivity contribution is -0.0804. The number of carbonyl (C=O) groups excluding carboxylic acids is 1. The molecule has 29 heavy (non-hydrogen) atoms. The van der Waals surface area contributed by atoms with E-state index < -0.39 is 0 Å². The Labute approximate surface area is 173 Å². The van der Waals surface area contributed by atoms with E-state index in [9.17, 15) is 4.79 Å². The molecule has 2 aromatic heterocycles. The number of benzene rings is 1. The molecule has 7 heteroatoms. The zero-order chi connectivity index (χ0) is 20.0. The number of thiophene rings is 1. The van der Waals surface area contributed by atoms with E-state index in [1.165, 1.54) is 0 Å². The van der Waals surface area contributed by atoms with Crippen molar-refractivity contribution < 1.29 is 14.3 Å². The van der Waals surface area contributed by atoms with E-state index in [1.54, 1.807) is 18.4 Å². The predicted octanol–water partition coefficient (Wildman–Crippen LogP) is 3.74. The largest absolute Gasteiger partial charge is 0.497 e. The molecule has 5 rings (SSSR count). The molecule has 0 N–H and O–H groups in total. The van der Waals surface area contributed by atoms with Crippen molar-refractivity contribution in [2.45, 2.75) is 32.1 Å². The number of ether oxygens (including phenoxy) is 2. The molecular weight excluding hydrogens is 386 g/mol. The van der Waals surface area contributed by atoms with Crippen molar-refractivity contribution in [1.82, 2.24) is 14.5 Å². The fraction of sp³-hybridized carbons (Fsp3) is 0.364. The number of aryl methyl sites for hydroxylation is 1. The van der Waals surface area contributed by atoms with Gasteiger partial charge in [0, 0.05) is 17.0 Å². The summed E-state index contributed by atoms with van der Waals surface area (Å²) in [6.45, 7) is 4.53. The van der Waals surface area contributed by atoms with Crippen molar-refractivity contribution in [2.24, 2.45) is 0 Å². The Morgan fingerprint density at radius 2 is 2.03 bits per heavy atom. The third kappa shape index (κ3) is 3.24. The molecule has 1 fully saturated rings. The number of hydrogen-bond acceptors (Lipinski definition) is 5. The molecule has 150 valence electrons. The first-order valence-corrected chi connectivity index (χ1v) is 10.6. The first-order chi connectivity index (χ1) is 14.1. The van der Waals surface area contributed by atoms with Crippen LogP contribution in [0.5, 0.6) is 5.75 Å². The van der Waals surface area contributed by atoms with Crippen LogP contribution >= 0.6 is 11.3 Å².